The number of carbonyl (C=O) groups is 1. The third-order valence-corrected chi connectivity index (χ3v) is 4.80. The van der Waals surface area contributed by atoms with Crippen LogP contribution in [0.15, 0.2) is 48.5 Å². The molecule has 3 rings (SSSR count). The van der Waals surface area contributed by atoms with Crippen LogP contribution < -0.4 is 10.1 Å². The zero-order valence-corrected chi connectivity index (χ0v) is 15.1. The summed E-state index contributed by atoms with van der Waals surface area (Å²) in [5, 5.41) is 3.04. The zero-order valence-electron chi connectivity index (χ0n) is 15.1. The normalized spacial score (nSPS) is 15.6. The number of methoxy groups -OCH3 is 1. The summed E-state index contributed by atoms with van der Waals surface area (Å²) in [5.41, 5.74) is 1.67. The quantitative estimate of drug-likeness (QED) is 0.864. The second-order valence-electron chi connectivity index (χ2n) is 6.74. The van der Waals surface area contributed by atoms with Crippen molar-refractivity contribution in [3.05, 3.63) is 65.5 Å². The molecule has 2 aromatic rings. The first-order chi connectivity index (χ1) is 12.6. The van der Waals surface area contributed by atoms with Crippen LogP contribution in [0.1, 0.15) is 24.0 Å². The van der Waals surface area contributed by atoms with Crippen LogP contribution >= 0.6 is 0 Å². The summed E-state index contributed by atoms with van der Waals surface area (Å²) in [7, 11) is 1.68. The second kappa shape index (κ2) is 8.81. The van der Waals surface area contributed by atoms with Crippen molar-refractivity contribution in [2.75, 3.05) is 20.2 Å². The Bertz CT molecular complexity index is 742. The van der Waals surface area contributed by atoms with Crippen molar-refractivity contribution in [2.24, 2.45) is 0 Å². The van der Waals surface area contributed by atoms with Crippen LogP contribution in [0.25, 0.3) is 0 Å². The molecule has 1 amide bonds. The van der Waals surface area contributed by atoms with Crippen LogP contribution in [0.4, 0.5) is 4.39 Å². The summed E-state index contributed by atoms with van der Waals surface area (Å²) in [6, 6.07) is 14.7. The van der Waals surface area contributed by atoms with Crippen LogP contribution in [0.2, 0.25) is 0 Å². The number of piperidine rings is 1. The number of ether oxygens (including phenoxy) is 1. The smallest absolute Gasteiger partial charge is 0.224 e. The van der Waals surface area contributed by atoms with E-state index in [2.05, 4.69) is 22.3 Å². The van der Waals surface area contributed by atoms with Gasteiger partial charge in [-0.1, -0.05) is 30.3 Å². The zero-order chi connectivity index (χ0) is 18.4. The molecule has 0 unspecified atom stereocenters. The maximum Gasteiger partial charge on any atom is 0.224 e. The molecule has 4 nitrogen and oxygen atoms in total. The Kier molecular flexibility index (Phi) is 6.23. The third kappa shape index (κ3) is 5.05. The number of rotatable bonds is 6. The first-order valence-electron chi connectivity index (χ1n) is 9.02. The van der Waals surface area contributed by atoms with E-state index in [0.29, 0.717) is 5.56 Å². The lowest BCUT2D eigenvalue weighted by Crippen LogP contribution is -2.44. The number of benzene rings is 2. The van der Waals surface area contributed by atoms with E-state index in [0.717, 1.165) is 38.2 Å². The molecule has 0 bridgehead atoms. The largest absolute Gasteiger partial charge is 0.497 e. The van der Waals surface area contributed by atoms with Gasteiger partial charge in [-0.3, -0.25) is 9.69 Å². The fraction of sp³-hybridized carbons (Fsp3) is 0.381. The fourth-order valence-electron chi connectivity index (χ4n) is 3.36. The summed E-state index contributed by atoms with van der Waals surface area (Å²) in [6.45, 7) is 2.75. The van der Waals surface area contributed by atoms with Crippen molar-refractivity contribution in [3.8, 4) is 5.75 Å². The summed E-state index contributed by atoms with van der Waals surface area (Å²) in [6.07, 6.45) is 1.91. The van der Waals surface area contributed by atoms with Crippen molar-refractivity contribution in [3.63, 3.8) is 0 Å². The van der Waals surface area contributed by atoms with E-state index in [-0.39, 0.29) is 24.2 Å². The number of likely N-dealkylation sites (tertiary alicyclic amines) is 1. The molecule has 0 aliphatic carbocycles. The highest BCUT2D eigenvalue weighted by Gasteiger charge is 2.21. The van der Waals surface area contributed by atoms with Gasteiger partial charge in [0.2, 0.25) is 5.91 Å². The van der Waals surface area contributed by atoms with Gasteiger partial charge in [0, 0.05) is 25.7 Å². The maximum atomic E-state index is 13.6. The molecule has 1 saturated heterocycles. The molecule has 0 saturated carbocycles. The first-order valence-corrected chi connectivity index (χ1v) is 9.02. The first kappa shape index (κ1) is 18.4. The summed E-state index contributed by atoms with van der Waals surface area (Å²) < 4.78 is 18.9. The SMILES string of the molecule is COc1cccc(CN2CCC(NC(=O)Cc3ccccc3F)CC2)c1. The molecule has 1 fully saturated rings. The predicted molar refractivity (Wildman–Crippen MR) is 99.5 cm³/mol. The van der Waals surface area contributed by atoms with Crippen LogP contribution in [-0.2, 0) is 17.8 Å². The summed E-state index contributed by atoms with van der Waals surface area (Å²) in [5.74, 6) is 0.440. The Labute approximate surface area is 154 Å². The molecule has 5 heteroatoms. The van der Waals surface area contributed by atoms with Crippen LogP contribution in [0.3, 0.4) is 0 Å². The van der Waals surface area contributed by atoms with Crippen molar-refractivity contribution in [1.82, 2.24) is 10.2 Å². The van der Waals surface area contributed by atoms with E-state index in [1.54, 1.807) is 25.3 Å². The van der Waals surface area contributed by atoms with Crippen molar-refractivity contribution in [2.45, 2.75) is 31.8 Å². The molecular formula is C21H25FN2O2. The van der Waals surface area contributed by atoms with E-state index in [1.807, 2.05) is 12.1 Å². The van der Waals surface area contributed by atoms with Gasteiger partial charge < -0.3 is 10.1 Å². The monoisotopic (exact) mass is 356 g/mol. The number of halogens is 1. The van der Waals surface area contributed by atoms with E-state index < -0.39 is 0 Å². The molecule has 0 atom stereocenters. The lowest BCUT2D eigenvalue weighted by atomic mass is 10.0. The lowest BCUT2D eigenvalue weighted by molar-refractivity contribution is -0.121. The average molecular weight is 356 g/mol. The minimum atomic E-state index is -0.323. The van der Waals surface area contributed by atoms with Gasteiger partial charge >= 0.3 is 0 Å². The van der Waals surface area contributed by atoms with Gasteiger partial charge in [0.1, 0.15) is 11.6 Å². The van der Waals surface area contributed by atoms with Gasteiger partial charge in [0.15, 0.2) is 0 Å². The number of amides is 1. The van der Waals surface area contributed by atoms with Gasteiger partial charge in [0.25, 0.3) is 0 Å². The molecule has 138 valence electrons. The van der Waals surface area contributed by atoms with Crippen LogP contribution in [0.5, 0.6) is 5.75 Å². The van der Waals surface area contributed by atoms with Gasteiger partial charge in [0.05, 0.1) is 13.5 Å². The number of carbonyl (C=O) groups excluding carboxylic acids is 1. The fourth-order valence-corrected chi connectivity index (χ4v) is 3.36. The Morgan fingerprint density at radius 3 is 2.69 bits per heavy atom. The van der Waals surface area contributed by atoms with Gasteiger partial charge in [-0.2, -0.15) is 0 Å². The topological polar surface area (TPSA) is 41.6 Å². The number of nitrogens with one attached hydrogen (secondary N) is 1. The molecule has 1 heterocycles. The van der Waals surface area contributed by atoms with Gasteiger partial charge in [-0.15, -0.1) is 0 Å². The molecule has 0 radical (unpaired) electrons. The number of nitrogens with zero attached hydrogens (tertiary/aromatic N) is 1. The van der Waals surface area contributed by atoms with Crippen molar-refractivity contribution >= 4 is 5.91 Å². The second-order valence-corrected chi connectivity index (χ2v) is 6.74. The average Bonchev–Trinajstić information content (AvgIpc) is 2.65. The van der Waals surface area contributed by atoms with Crippen molar-refractivity contribution in [1.29, 1.82) is 0 Å². The van der Waals surface area contributed by atoms with Crippen LogP contribution in [0, 0.1) is 5.82 Å². The predicted octanol–water partition coefficient (Wildman–Crippen LogP) is 3.16. The Hall–Kier alpha value is -2.40. The molecule has 26 heavy (non-hydrogen) atoms. The van der Waals surface area contributed by atoms with Crippen molar-refractivity contribution < 1.29 is 13.9 Å². The molecule has 1 aliphatic rings. The minimum absolute atomic E-state index is 0.0939. The summed E-state index contributed by atoms with van der Waals surface area (Å²) >= 11 is 0. The molecular weight excluding hydrogens is 331 g/mol. The molecule has 1 N–H and O–H groups in total. The van der Waals surface area contributed by atoms with E-state index in [1.165, 1.54) is 11.6 Å². The number of hydrogen-bond acceptors (Lipinski definition) is 3. The molecule has 1 aliphatic heterocycles. The summed E-state index contributed by atoms with van der Waals surface area (Å²) in [4.78, 5) is 14.6. The Morgan fingerprint density at radius 1 is 1.19 bits per heavy atom. The standard InChI is InChI=1S/C21H25FN2O2/c1-26-19-7-4-5-16(13-19)15-24-11-9-18(10-12-24)23-21(25)14-17-6-2-3-8-20(17)22/h2-8,13,18H,9-12,14-15H2,1H3,(H,23,25). The maximum absolute atomic E-state index is 13.6. The van der Waals surface area contributed by atoms with E-state index in [4.69, 9.17) is 4.74 Å². The Morgan fingerprint density at radius 2 is 1.96 bits per heavy atom. The molecule has 0 aromatic heterocycles. The van der Waals surface area contributed by atoms with Crippen LogP contribution in [-0.4, -0.2) is 37.0 Å². The Balaban J connectivity index is 1.44. The number of hydrogen-bond donors (Lipinski definition) is 1. The van der Waals surface area contributed by atoms with E-state index >= 15 is 0 Å². The molecule has 0 spiro atoms. The lowest BCUT2D eigenvalue weighted by Gasteiger charge is -2.32. The minimum Gasteiger partial charge on any atom is -0.497 e. The highest BCUT2D eigenvalue weighted by Crippen LogP contribution is 2.18. The van der Waals surface area contributed by atoms with E-state index in [9.17, 15) is 9.18 Å². The van der Waals surface area contributed by atoms with Gasteiger partial charge in [-0.05, 0) is 42.2 Å². The van der Waals surface area contributed by atoms with Gasteiger partial charge in [-0.25, -0.2) is 4.39 Å². The highest BCUT2D eigenvalue weighted by atomic mass is 19.1. The third-order valence-electron chi connectivity index (χ3n) is 4.80. The highest BCUT2D eigenvalue weighted by molar-refractivity contribution is 5.78. The molecule has 2 aromatic carbocycles.